The second-order valence-corrected chi connectivity index (χ2v) is 6.36. The van der Waals surface area contributed by atoms with Gasteiger partial charge in [0.25, 0.3) is 0 Å². The third-order valence-electron chi connectivity index (χ3n) is 4.14. The van der Waals surface area contributed by atoms with Gasteiger partial charge in [0.1, 0.15) is 0 Å². The Morgan fingerprint density at radius 1 is 1.04 bits per heavy atom. The molecule has 4 nitrogen and oxygen atoms in total. The molecule has 0 aliphatic carbocycles. The van der Waals surface area contributed by atoms with E-state index in [-0.39, 0.29) is 0 Å². The van der Waals surface area contributed by atoms with Crippen molar-refractivity contribution < 1.29 is 9.59 Å². The van der Waals surface area contributed by atoms with E-state index < -0.39 is 11.8 Å². The van der Waals surface area contributed by atoms with Crippen LogP contribution < -0.4 is 10.6 Å². The van der Waals surface area contributed by atoms with Crippen LogP contribution in [0.3, 0.4) is 0 Å². The second kappa shape index (κ2) is 10.0. The Balaban J connectivity index is 2.45. The molecule has 1 atom stereocenters. The van der Waals surface area contributed by atoms with Crippen molar-refractivity contribution in [1.29, 1.82) is 0 Å². The van der Waals surface area contributed by atoms with Gasteiger partial charge >= 0.3 is 11.8 Å². The topological polar surface area (TPSA) is 58.2 Å². The molecule has 0 unspecified atom stereocenters. The monoisotopic (exact) mass is 318 g/mol. The first kappa shape index (κ1) is 19.2. The average Bonchev–Trinajstić information content (AvgIpc) is 2.55. The van der Waals surface area contributed by atoms with Crippen molar-refractivity contribution in [3.05, 3.63) is 29.8 Å². The van der Waals surface area contributed by atoms with E-state index >= 15 is 0 Å². The molecule has 0 bridgehead atoms. The van der Waals surface area contributed by atoms with Crippen molar-refractivity contribution in [3.8, 4) is 0 Å². The summed E-state index contributed by atoms with van der Waals surface area (Å²) in [6.07, 6.45) is 4.41. The molecular weight excluding hydrogens is 288 g/mol. The van der Waals surface area contributed by atoms with Gasteiger partial charge in [-0.3, -0.25) is 9.59 Å². The summed E-state index contributed by atoms with van der Waals surface area (Å²) in [5.74, 6) is -0.283. The van der Waals surface area contributed by atoms with Gasteiger partial charge < -0.3 is 10.6 Å². The average molecular weight is 318 g/mol. The third-order valence-corrected chi connectivity index (χ3v) is 4.14. The Labute approximate surface area is 140 Å². The maximum Gasteiger partial charge on any atom is 0.313 e. The molecule has 23 heavy (non-hydrogen) atoms. The van der Waals surface area contributed by atoms with Gasteiger partial charge in [0.15, 0.2) is 0 Å². The standard InChI is InChI=1S/C19H30N2O2/c1-5-7-8-15(6-2)13-20-18(22)19(23)21-17-11-9-16(10-12-17)14(3)4/h9-12,14-15H,5-8,13H2,1-4H3,(H,20,22)(H,21,23)/t15-/m1/s1. The van der Waals surface area contributed by atoms with E-state index in [4.69, 9.17) is 0 Å². The SMILES string of the molecule is CCCC[C@@H](CC)CNC(=O)C(=O)Nc1ccc(C(C)C)cc1. The van der Waals surface area contributed by atoms with E-state index in [1.807, 2.05) is 24.3 Å². The summed E-state index contributed by atoms with van der Waals surface area (Å²) in [4.78, 5) is 23.8. The summed E-state index contributed by atoms with van der Waals surface area (Å²) in [5.41, 5.74) is 1.85. The molecule has 0 saturated heterocycles. The van der Waals surface area contributed by atoms with Crippen LogP contribution in [-0.4, -0.2) is 18.4 Å². The number of nitrogens with one attached hydrogen (secondary N) is 2. The van der Waals surface area contributed by atoms with Gasteiger partial charge in [-0.1, -0.05) is 59.1 Å². The first-order valence-electron chi connectivity index (χ1n) is 8.67. The summed E-state index contributed by atoms with van der Waals surface area (Å²) in [6, 6.07) is 7.60. The fourth-order valence-corrected chi connectivity index (χ4v) is 2.40. The van der Waals surface area contributed by atoms with Crippen LogP contribution in [0.15, 0.2) is 24.3 Å². The number of anilines is 1. The minimum atomic E-state index is -0.604. The molecule has 2 amide bonds. The molecule has 128 valence electrons. The fraction of sp³-hybridized carbons (Fsp3) is 0.579. The molecular formula is C19H30N2O2. The van der Waals surface area contributed by atoms with Crippen LogP contribution in [0.25, 0.3) is 0 Å². The van der Waals surface area contributed by atoms with Crippen molar-refractivity contribution >= 4 is 17.5 Å². The highest BCUT2D eigenvalue weighted by Gasteiger charge is 2.15. The first-order valence-corrected chi connectivity index (χ1v) is 8.67. The Bertz CT molecular complexity index is 495. The molecule has 0 aromatic heterocycles. The molecule has 0 aliphatic rings. The lowest BCUT2D eigenvalue weighted by Crippen LogP contribution is -2.38. The highest BCUT2D eigenvalue weighted by Crippen LogP contribution is 2.17. The molecule has 1 aromatic rings. The van der Waals surface area contributed by atoms with Crippen molar-refractivity contribution in [3.63, 3.8) is 0 Å². The number of rotatable bonds is 8. The lowest BCUT2D eigenvalue weighted by atomic mass is 9.99. The quantitative estimate of drug-likeness (QED) is 0.710. The van der Waals surface area contributed by atoms with Crippen LogP contribution >= 0.6 is 0 Å². The maximum absolute atomic E-state index is 11.9. The number of hydrogen-bond donors (Lipinski definition) is 2. The summed E-state index contributed by atoms with van der Waals surface area (Å²) < 4.78 is 0. The van der Waals surface area contributed by atoms with Crippen LogP contribution in [0.1, 0.15) is 64.9 Å². The van der Waals surface area contributed by atoms with Crippen molar-refractivity contribution in [1.82, 2.24) is 5.32 Å². The van der Waals surface area contributed by atoms with E-state index in [1.54, 1.807) is 0 Å². The Hall–Kier alpha value is -1.84. The van der Waals surface area contributed by atoms with Crippen LogP contribution in [-0.2, 0) is 9.59 Å². The summed E-state index contributed by atoms with van der Waals surface area (Å²) in [7, 11) is 0. The fourth-order valence-electron chi connectivity index (χ4n) is 2.40. The highest BCUT2D eigenvalue weighted by atomic mass is 16.2. The molecule has 0 saturated carbocycles. The molecule has 4 heteroatoms. The van der Waals surface area contributed by atoms with E-state index in [9.17, 15) is 9.59 Å². The van der Waals surface area contributed by atoms with Gasteiger partial charge in [-0.15, -0.1) is 0 Å². The normalized spacial score (nSPS) is 12.0. The number of carbonyl (C=O) groups is 2. The molecule has 0 fully saturated rings. The first-order chi connectivity index (χ1) is 11.0. The van der Waals surface area contributed by atoms with Crippen molar-refractivity contribution in [2.75, 3.05) is 11.9 Å². The predicted molar refractivity (Wildman–Crippen MR) is 95.5 cm³/mol. The minimum absolute atomic E-state index is 0.442. The van der Waals surface area contributed by atoms with E-state index in [2.05, 4.69) is 38.3 Å². The summed E-state index contributed by atoms with van der Waals surface area (Å²) in [6.45, 7) is 9.06. The number of amides is 2. The predicted octanol–water partition coefficient (Wildman–Crippen LogP) is 4.08. The molecule has 0 aliphatic heterocycles. The number of benzene rings is 1. The molecule has 0 heterocycles. The zero-order valence-corrected chi connectivity index (χ0v) is 14.8. The van der Waals surface area contributed by atoms with Crippen molar-refractivity contribution in [2.24, 2.45) is 5.92 Å². The van der Waals surface area contributed by atoms with Crippen LogP contribution in [0.5, 0.6) is 0 Å². The van der Waals surface area contributed by atoms with Crippen molar-refractivity contribution in [2.45, 2.75) is 59.3 Å². The number of unbranched alkanes of at least 4 members (excludes halogenated alkanes) is 1. The zero-order chi connectivity index (χ0) is 17.2. The van der Waals surface area contributed by atoms with E-state index in [0.717, 1.165) is 25.7 Å². The maximum atomic E-state index is 11.9. The Morgan fingerprint density at radius 2 is 1.70 bits per heavy atom. The van der Waals surface area contributed by atoms with Gasteiger partial charge in [0, 0.05) is 12.2 Å². The van der Waals surface area contributed by atoms with Gasteiger partial charge in [0.05, 0.1) is 0 Å². The minimum Gasteiger partial charge on any atom is -0.348 e. The Kier molecular flexibility index (Phi) is 8.38. The number of hydrogen-bond acceptors (Lipinski definition) is 2. The lowest BCUT2D eigenvalue weighted by Gasteiger charge is -2.15. The molecule has 1 rings (SSSR count). The summed E-state index contributed by atoms with van der Waals surface area (Å²) in [5, 5.41) is 5.38. The smallest absolute Gasteiger partial charge is 0.313 e. The van der Waals surface area contributed by atoms with Gasteiger partial charge in [-0.25, -0.2) is 0 Å². The zero-order valence-electron chi connectivity index (χ0n) is 14.8. The summed E-state index contributed by atoms with van der Waals surface area (Å²) >= 11 is 0. The van der Waals surface area contributed by atoms with E-state index in [0.29, 0.717) is 24.1 Å². The lowest BCUT2D eigenvalue weighted by molar-refractivity contribution is -0.136. The van der Waals surface area contributed by atoms with Crippen LogP contribution in [0.2, 0.25) is 0 Å². The highest BCUT2D eigenvalue weighted by molar-refractivity contribution is 6.39. The van der Waals surface area contributed by atoms with Gasteiger partial charge in [0.2, 0.25) is 0 Å². The molecule has 2 N–H and O–H groups in total. The van der Waals surface area contributed by atoms with Gasteiger partial charge in [-0.2, -0.15) is 0 Å². The van der Waals surface area contributed by atoms with Crippen LogP contribution in [0, 0.1) is 5.92 Å². The third kappa shape index (κ3) is 6.85. The molecule has 0 spiro atoms. The number of carbonyl (C=O) groups excluding carboxylic acids is 2. The second-order valence-electron chi connectivity index (χ2n) is 6.36. The Morgan fingerprint density at radius 3 is 2.22 bits per heavy atom. The molecule has 0 radical (unpaired) electrons. The van der Waals surface area contributed by atoms with Gasteiger partial charge in [-0.05, 0) is 36.0 Å². The van der Waals surface area contributed by atoms with E-state index in [1.165, 1.54) is 5.56 Å². The van der Waals surface area contributed by atoms with Crippen LogP contribution in [0.4, 0.5) is 5.69 Å². The largest absolute Gasteiger partial charge is 0.348 e. The molecule has 1 aromatic carbocycles.